The molecule has 2 rings (SSSR count). The third-order valence-corrected chi connectivity index (χ3v) is 3.75. The Balaban J connectivity index is 1.90. The van der Waals surface area contributed by atoms with E-state index >= 15 is 0 Å². The molecule has 0 bridgehead atoms. The van der Waals surface area contributed by atoms with Crippen molar-refractivity contribution in [2.75, 3.05) is 19.6 Å². The Kier molecular flexibility index (Phi) is 2.77. The predicted molar refractivity (Wildman–Crippen MR) is 56.1 cm³/mol. The van der Waals surface area contributed by atoms with Crippen LogP contribution in [0.1, 0.15) is 39.0 Å². The fraction of sp³-hybridized carbons (Fsp3) is 0.909. The first kappa shape index (κ1) is 9.97. The highest BCUT2D eigenvalue weighted by Crippen LogP contribution is 2.30. The number of rotatable bonds is 0. The fourth-order valence-electron chi connectivity index (χ4n) is 2.71. The molecule has 0 aliphatic carbocycles. The van der Waals surface area contributed by atoms with Crippen LogP contribution in [0.15, 0.2) is 0 Å². The maximum atomic E-state index is 11.2. The van der Waals surface area contributed by atoms with Gasteiger partial charge in [-0.05, 0) is 32.2 Å². The van der Waals surface area contributed by atoms with E-state index in [1.165, 1.54) is 25.8 Å². The largest absolute Gasteiger partial charge is 0.343 e. The molecule has 2 heterocycles. The molecule has 1 spiro atoms. The topological polar surface area (TPSA) is 32.3 Å². The Morgan fingerprint density at radius 1 is 1.21 bits per heavy atom. The summed E-state index contributed by atoms with van der Waals surface area (Å²) >= 11 is 0. The molecule has 0 atom stereocenters. The van der Waals surface area contributed by atoms with E-state index in [9.17, 15) is 4.79 Å². The van der Waals surface area contributed by atoms with Gasteiger partial charge in [0.2, 0.25) is 5.91 Å². The molecule has 2 aliphatic rings. The van der Waals surface area contributed by atoms with Gasteiger partial charge in [-0.2, -0.15) is 0 Å². The minimum Gasteiger partial charge on any atom is -0.343 e. The molecule has 14 heavy (non-hydrogen) atoms. The number of nitrogens with zero attached hydrogens (tertiary/aromatic N) is 1. The third-order valence-electron chi connectivity index (χ3n) is 3.75. The number of hydrogen-bond donors (Lipinski definition) is 1. The first-order valence-electron chi connectivity index (χ1n) is 5.72. The Labute approximate surface area is 85.8 Å². The maximum Gasteiger partial charge on any atom is 0.219 e. The highest BCUT2D eigenvalue weighted by atomic mass is 16.2. The second-order valence-electron chi connectivity index (χ2n) is 4.67. The summed E-state index contributed by atoms with van der Waals surface area (Å²) in [5.74, 6) is 0.232. The molecule has 0 aromatic rings. The molecule has 0 unspecified atom stereocenters. The molecule has 2 aliphatic heterocycles. The number of hydrogen-bond acceptors (Lipinski definition) is 2. The standard InChI is InChI=1S/C11H20N2O/c1-10(14)13-8-5-11(6-9-13)4-2-3-7-12-11/h12H,2-9H2,1H3. The first-order valence-corrected chi connectivity index (χ1v) is 5.72. The summed E-state index contributed by atoms with van der Waals surface area (Å²) in [5, 5.41) is 3.66. The monoisotopic (exact) mass is 196 g/mol. The smallest absolute Gasteiger partial charge is 0.219 e. The minimum atomic E-state index is 0.232. The number of nitrogens with one attached hydrogen (secondary N) is 1. The summed E-state index contributed by atoms with van der Waals surface area (Å²) in [7, 11) is 0. The van der Waals surface area contributed by atoms with Crippen molar-refractivity contribution in [2.24, 2.45) is 0 Å². The number of carbonyl (C=O) groups is 1. The van der Waals surface area contributed by atoms with Gasteiger partial charge in [-0.3, -0.25) is 4.79 Å². The molecule has 3 nitrogen and oxygen atoms in total. The summed E-state index contributed by atoms with van der Waals surface area (Å²) in [6, 6.07) is 0. The van der Waals surface area contributed by atoms with E-state index < -0.39 is 0 Å². The highest BCUT2D eigenvalue weighted by Gasteiger charge is 2.35. The van der Waals surface area contributed by atoms with Crippen molar-refractivity contribution >= 4 is 5.91 Å². The van der Waals surface area contributed by atoms with Gasteiger partial charge < -0.3 is 10.2 Å². The van der Waals surface area contributed by atoms with E-state index in [-0.39, 0.29) is 5.91 Å². The Morgan fingerprint density at radius 3 is 2.43 bits per heavy atom. The lowest BCUT2D eigenvalue weighted by molar-refractivity contribution is -0.130. The van der Waals surface area contributed by atoms with Gasteiger partial charge in [-0.1, -0.05) is 6.42 Å². The van der Waals surface area contributed by atoms with Gasteiger partial charge in [-0.25, -0.2) is 0 Å². The first-order chi connectivity index (χ1) is 6.72. The van der Waals surface area contributed by atoms with Gasteiger partial charge in [0.1, 0.15) is 0 Å². The van der Waals surface area contributed by atoms with Crippen LogP contribution in [0.25, 0.3) is 0 Å². The van der Waals surface area contributed by atoms with E-state index in [0.29, 0.717) is 5.54 Å². The van der Waals surface area contributed by atoms with Crippen LogP contribution in [0.5, 0.6) is 0 Å². The second kappa shape index (κ2) is 3.89. The zero-order valence-electron chi connectivity index (χ0n) is 9.01. The van der Waals surface area contributed by atoms with Crippen LogP contribution in [0, 0.1) is 0 Å². The van der Waals surface area contributed by atoms with Crippen molar-refractivity contribution in [1.82, 2.24) is 10.2 Å². The van der Waals surface area contributed by atoms with Gasteiger partial charge in [0, 0.05) is 25.6 Å². The quantitative estimate of drug-likeness (QED) is 0.630. The van der Waals surface area contributed by atoms with E-state index in [1.54, 1.807) is 6.92 Å². The molecular weight excluding hydrogens is 176 g/mol. The highest BCUT2D eigenvalue weighted by molar-refractivity contribution is 5.73. The molecule has 2 fully saturated rings. The van der Waals surface area contributed by atoms with Crippen molar-refractivity contribution < 1.29 is 4.79 Å². The lowest BCUT2D eigenvalue weighted by atomic mass is 9.80. The molecule has 0 aromatic carbocycles. The fourth-order valence-corrected chi connectivity index (χ4v) is 2.71. The van der Waals surface area contributed by atoms with Gasteiger partial charge in [0.15, 0.2) is 0 Å². The van der Waals surface area contributed by atoms with Crippen molar-refractivity contribution in [3.63, 3.8) is 0 Å². The van der Waals surface area contributed by atoms with Crippen LogP contribution in [0.2, 0.25) is 0 Å². The average Bonchev–Trinajstić information content (AvgIpc) is 2.19. The molecule has 0 saturated carbocycles. The molecule has 3 heteroatoms. The lowest BCUT2D eigenvalue weighted by Gasteiger charge is -2.44. The zero-order chi connectivity index (χ0) is 10.0. The van der Waals surface area contributed by atoms with Gasteiger partial charge in [0.05, 0.1) is 0 Å². The Bertz CT molecular complexity index is 211. The number of carbonyl (C=O) groups excluding carboxylic acids is 1. The number of likely N-dealkylation sites (tertiary alicyclic amines) is 1. The normalized spacial score (nSPS) is 26.5. The van der Waals surface area contributed by atoms with E-state index in [4.69, 9.17) is 0 Å². The summed E-state index contributed by atoms with van der Waals surface area (Å²) in [6.07, 6.45) is 6.27. The number of amides is 1. The van der Waals surface area contributed by atoms with Crippen LogP contribution in [-0.2, 0) is 4.79 Å². The summed E-state index contributed by atoms with van der Waals surface area (Å²) < 4.78 is 0. The molecule has 0 radical (unpaired) electrons. The van der Waals surface area contributed by atoms with Crippen LogP contribution < -0.4 is 5.32 Å². The van der Waals surface area contributed by atoms with Crippen molar-refractivity contribution in [2.45, 2.75) is 44.6 Å². The van der Waals surface area contributed by atoms with Crippen LogP contribution >= 0.6 is 0 Å². The summed E-state index contributed by atoms with van der Waals surface area (Å²) in [4.78, 5) is 13.1. The van der Waals surface area contributed by atoms with Crippen LogP contribution in [-0.4, -0.2) is 36.0 Å². The lowest BCUT2D eigenvalue weighted by Crippen LogP contribution is -2.55. The van der Waals surface area contributed by atoms with Crippen LogP contribution in [0.4, 0.5) is 0 Å². The summed E-state index contributed by atoms with van der Waals surface area (Å²) in [5.41, 5.74) is 0.379. The Morgan fingerprint density at radius 2 is 1.93 bits per heavy atom. The molecule has 2 saturated heterocycles. The SMILES string of the molecule is CC(=O)N1CCC2(CCCCN2)CC1. The average molecular weight is 196 g/mol. The second-order valence-corrected chi connectivity index (χ2v) is 4.67. The van der Waals surface area contributed by atoms with E-state index in [0.717, 1.165) is 25.9 Å². The third kappa shape index (κ3) is 1.92. The van der Waals surface area contributed by atoms with Crippen molar-refractivity contribution in [3.8, 4) is 0 Å². The van der Waals surface area contributed by atoms with E-state index in [2.05, 4.69) is 5.32 Å². The molecule has 1 amide bonds. The molecular formula is C11H20N2O. The molecule has 0 aromatic heterocycles. The van der Waals surface area contributed by atoms with Crippen molar-refractivity contribution in [1.29, 1.82) is 0 Å². The number of piperidine rings is 2. The molecule has 80 valence electrons. The van der Waals surface area contributed by atoms with Crippen LogP contribution in [0.3, 0.4) is 0 Å². The Hall–Kier alpha value is -0.570. The van der Waals surface area contributed by atoms with Crippen molar-refractivity contribution in [3.05, 3.63) is 0 Å². The van der Waals surface area contributed by atoms with E-state index in [1.807, 2.05) is 4.90 Å². The van der Waals surface area contributed by atoms with Gasteiger partial charge in [-0.15, -0.1) is 0 Å². The van der Waals surface area contributed by atoms with Gasteiger partial charge in [0.25, 0.3) is 0 Å². The predicted octanol–water partition coefficient (Wildman–Crippen LogP) is 1.14. The zero-order valence-corrected chi connectivity index (χ0v) is 9.01. The molecule has 1 N–H and O–H groups in total. The summed E-state index contributed by atoms with van der Waals surface area (Å²) in [6.45, 7) is 4.73. The van der Waals surface area contributed by atoms with Gasteiger partial charge >= 0.3 is 0 Å². The maximum absolute atomic E-state index is 11.2. The minimum absolute atomic E-state index is 0.232.